The van der Waals surface area contributed by atoms with Gasteiger partial charge in [0.2, 0.25) is 5.95 Å². The quantitative estimate of drug-likeness (QED) is 0.932. The molecule has 1 saturated heterocycles. The predicted molar refractivity (Wildman–Crippen MR) is 77.3 cm³/mol. The Morgan fingerprint density at radius 2 is 1.90 bits per heavy atom. The van der Waals surface area contributed by atoms with Crippen molar-refractivity contribution in [3.05, 3.63) is 48.5 Å². The van der Waals surface area contributed by atoms with Gasteiger partial charge in [-0.1, -0.05) is 18.2 Å². The summed E-state index contributed by atoms with van der Waals surface area (Å²) < 4.78 is 12.9. The van der Waals surface area contributed by atoms with Gasteiger partial charge < -0.3 is 10.2 Å². The minimum absolute atomic E-state index is 0.361. The fourth-order valence-electron chi connectivity index (χ4n) is 2.52. The molecule has 0 spiro atoms. The van der Waals surface area contributed by atoms with E-state index in [1.54, 1.807) is 0 Å². The largest absolute Gasteiger partial charge is 0.381 e. The summed E-state index contributed by atoms with van der Waals surface area (Å²) >= 11 is 0. The number of hydrogen-bond donors (Lipinski definition) is 1. The highest BCUT2D eigenvalue weighted by Crippen LogP contribution is 2.19. The molecule has 1 aliphatic heterocycles. The maximum atomic E-state index is 12.9. The van der Waals surface area contributed by atoms with Gasteiger partial charge in [0.15, 0.2) is 5.82 Å². The van der Waals surface area contributed by atoms with E-state index in [1.165, 1.54) is 12.4 Å². The number of nitrogens with one attached hydrogen (secondary N) is 1. The summed E-state index contributed by atoms with van der Waals surface area (Å²) in [5, 5.41) is 3.52. The van der Waals surface area contributed by atoms with Crippen LogP contribution in [0.1, 0.15) is 12.8 Å². The molecular weight excluding hydrogens is 255 g/mol. The van der Waals surface area contributed by atoms with Crippen LogP contribution in [0.3, 0.4) is 0 Å². The van der Waals surface area contributed by atoms with E-state index >= 15 is 0 Å². The van der Waals surface area contributed by atoms with E-state index in [2.05, 4.69) is 32.3 Å². The number of halogens is 1. The lowest BCUT2D eigenvalue weighted by Crippen LogP contribution is -2.42. The first-order valence-corrected chi connectivity index (χ1v) is 6.85. The Morgan fingerprint density at radius 1 is 1.15 bits per heavy atom. The second-order valence-electron chi connectivity index (χ2n) is 5.00. The van der Waals surface area contributed by atoms with E-state index < -0.39 is 5.82 Å². The summed E-state index contributed by atoms with van der Waals surface area (Å²) in [5.74, 6) is 0.204. The minimum atomic E-state index is -0.398. The predicted octanol–water partition coefficient (Wildman–Crippen LogP) is 2.70. The summed E-state index contributed by atoms with van der Waals surface area (Å²) in [6, 6.07) is 10.5. The SMILES string of the molecule is Fc1cnc(N2CCCC(Nc3ccccc3)C2)nc1. The molecular formula is C15H17FN4. The van der Waals surface area contributed by atoms with Crippen LogP contribution in [0, 0.1) is 5.82 Å². The van der Waals surface area contributed by atoms with Crippen LogP contribution >= 0.6 is 0 Å². The molecule has 20 heavy (non-hydrogen) atoms. The van der Waals surface area contributed by atoms with Crippen molar-refractivity contribution >= 4 is 11.6 Å². The van der Waals surface area contributed by atoms with Crippen LogP contribution < -0.4 is 10.2 Å². The fourth-order valence-corrected chi connectivity index (χ4v) is 2.52. The van der Waals surface area contributed by atoms with Crippen molar-refractivity contribution in [1.82, 2.24) is 9.97 Å². The van der Waals surface area contributed by atoms with Gasteiger partial charge in [-0.3, -0.25) is 0 Å². The van der Waals surface area contributed by atoms with Crippen molar-refractivity contribution in [2.24, 2.45) is 0 Å². The van der Waals surface area contributed by atoms with Gasteiger partial charge >= 0.3 is 0 Å². The summed E-state index contributed by atoms with van der Waals surface area (Å²) in [6.07, 6.45) is 4.63. The second-order valence-corrected chi connectivity index (χ2v) is 5.00. The van der Waals surface area contributed by atoms with Gasteiger partial charge in [0, 0.05) is 24.8 Å². The summed E-state index contributed by atoms with van der Waals surface area (Å²) in [7, 11) is 0. The van der Waals surface area contributed by atoms with E-state index in [-0.39, 0.29) is 0 Å². The molecule has 0 bridgehead atoms. The normalized spacial score (nSPS) is 18.9. The highest BCUT2D eigenvalue weighted by molar-refractivity contribution is 5.44. The van der Waals surface area contributed by atoms with E-state index in [1.807, 2.05) is 18.2 Å². The Labute approximate surface area is 117 Å². The zero-order valence-corrected chi connectivity index (χ0v) is 11.2. The third-order valence-electron chi connectivity index (χ3n) is 3.46. The van der Waals surface area contributed by atoms with E-state index in [9.17, 15) is 4.39 Å². The minimum Gasteiger partial charge on any atom is -0.381 e. The monoisotopic (exact) mass is 272 g/mol. The van der Waals surface area contributed by atoms with Crippen molar-refractivity contribution in [3.63, 3.8) is 0 Å². The molecule has 5 heteroatoms. The smallest absolute Gasteiger partial charge is 0.225 e. The standard InChI is InChI=1S/C15H17FN4/c16-12-9-17-15(18-10-12)20-8-4-7-14(11-20)19-13-5-2-1-3-6-13/h1-3,5-6,9-10,14,19H,4,7-8,11H2. The molecule has 2 aromatic rings. The lowest BCUT2D eigenvalue weighted by atomic mass is 10.1. The van der Waals surface area contributed by atoms with Gasteiger partial charge in [0.25, 0.3) is 0 Å². The van der Waals surface area contributed by atoms with Crippen LogP contribution in [0.25, 0.3) is 0 Å². The molecule has 0 aliphatic carbocycles. The van der Waals surface area contributed by atoms with Gasteiger partial charge in [0.05, 0.1) is 12.4 Å². The Kier molecular flexibility index (Phi) is 3.76. The molecule has 1 atom stereocenters. The van der Waals surface area contributed by atoms with Crippen molar-refractivity contribution < 1.29 is 4.39 Å². The lowest BCUT2D eigenvalue weighted by Gasteiger charge is -2.33. The molecule has 1 aromatic carbocycles. The number of anilines is 2. The number of aromatic nitrogens is 2. The topological polar surface area (TPSA) is 41.1 Å². The Hall–Kier alpha value is -2.17. The highest BCUT2D eigenvalue weighted by Gasteiger charge is 2.21. The zero-order chi connectivity index (χ0) is 13.8. The first-order valence-electron chi connectivity index (χ1n) is 6.85. The third kappa shape index (κ3) is 3.04. The molecule has 104 valence electrons. The molecule has 1 unspecified atom stereocenters. The van der Waals surface area contributed by atoms with Crippen LogP contribution in [0.2, 0.25) is 0 Å². The van der Waals surface area contributed by atoms with E-state index in [0.717, 1.165) is 31.6 Å². The second kappa shape index (κ2) is 5.86. The van der Waals surface area contributed by atoms with E-state index in [0.29, 0.717) is 12.0 Å². The van der Waals surface area contributed by atoms with Crippen LogP contribution in [0.5, 0.6) is 0 Å². The highest BCUT2D eigenvalue weighted by atomic mass is 19.1. The molecule has 1 aliphatic rings. The molecule has 1 aromatic heterocycles. The van der Waals surface area contributed by atoms with Crippen LogP contribution in [0.4, 0.5) is 16.0 Å². The summed E-state index contributed by atoms with van der Waals surface area (Å²) in [5.41, 5.74) is 1.12. The molecule has 3 rings (SSSR count). The van der Waals surface area contributed by atoms with Crippen LogP contribution in [-0.4, -0.2) is 29.1 Å². The lowest BCUT2D eigenvalue weighted by molar-refractivity contribution is 0.520. The van der Waals surface area contributed by atoms with Crippen molar-refractivity contribution in [2.45, 2.75) is 18.9 Å². The molecule has 0 amide bonds. The number of piperidine rings is 1. The average Bonchev–Trinajstić information content (AvgIpc) is 2.49. The summed E-state index contributed by atoms with van der Waals surface area (Å²) in [4.78, 5) is 10.2. The van der Waals surface area contributed by atoms with Gasteiger partial charge in [0.1, 0.15) is 0 Å². The first-order chi connectivity index (χ1) is 9.81. The van der Waals surface area contributed by atoms with Crippen molar-refractivity contribution in [1.29, 1.82) is 0 Å². The average molecular weight is 272 g/mol. The third-order valence-corrected chi connectivity index (χ3v) is 3.46. The van der Waals surface area contributed by atoms with Crippen molar-refractivity contribution in [3.8, 4) is 0 Å². The number of hydrogen-bond acceptors (Lipinski definition) is 4. The van der Waals surface area contributed by atoms with Gasteiger partial charge in [-0.2, -0.15) is 0 Å². The van der Waals surface area contributed by atoms with Gasteiger partial charge in [-0.15, -0.1) is 0 Å². The molecule has 4 nitrogen and oxygen atoms in total. The maximum absolute atomic E-state index is 12.9. The number of nitrogens with zero attached hydrogens (tertiary/aromatic N) is 3. The number of benzene rings is 1. The molecule has 1 fully saturated rings. The van der Waals surface area contributed by atoms with Crippen LogP contribution in [0.15, 0.2) is 42.7 Å². The fraction of sp³-hybridized carbons (Fsp3) is 0.333. The van der Waals surface area contributed by atoms with Gasteiger partial charge in [-0.05, 0) is 25.0 Å². The molecule has 0 radical (unpaired) electrons. The van der Waals surface area contributed by atoms with E-state index in [4.69, 9.17) is 0 Å². The molecule has 0 saturated carbocycles. The Balaban J connectivity index is 1.66. The van der Waals surface area contributed by atoms with Crippen molar-refractivity contribution in [2.75, 3.05) is 23.3 Å². The maximum Gasteiger partial charge on any atom is 0.225 e. The number of para-hydroxylation sites is 1. The van der Waals surface area contributed by atoms with Crippen LogP contribution in [-0.2, 0) is 0 Å². The zero-order valence-electron chi connectivity index (χ0n) is 11.2. The molecule has 1 N–H and O–H groups in total. The first kappa shape index (κ1) is 12.8. The van der Waals surface area contributed by atoms with Gasteiger partial charge in [-0.25, -0.2) is 14.4 Å². The Morgan fingerprint density at radius 3 is 2.65 bits per heavy atom. The Bertz CT molecular complexity index is 544. The number of rotatable bonds is 3. The summed E-state index contributed by atoms with van der Waals surface area (Å²) in [6.45, 7) is 1.75. The molecule has 2 heterocycles.